The first-order valence-corrected chi connectivity index (χ1v) is 11.9. The van der Waals surface area contributed by atoms with Crippen LogP contribution in [0.2, 0.25) is 0 Å². The molecule has 0 aliphatic heterocycles. The molecule has 0 fully saturated rings. The van der Waals surface area contributed by atoms with Crippen molar-refractivity contribution in [1.29, 1.82) is 0 Å². The monoisotopic (exact) mass is 492 g/mol. The summed E-state index contributed by atoms with van der Waals surface area (Å²) in [5.41, 5.74) is 1.54. The van der Waals surface area contributed by atoms with Crippen molar-refractivity contribution in [2.24, 2.45) is 5.92 Å². The third-order valence-electron chi connectivity index (χ3n) is 5.61. The Morgan fingerprint density at radius 2 is 1.56 bits per heavy atom. The smallest absolute Gasteiger partial charge is 0.337 e. The second-order valence-electron chi connectivity index (χ2n) is 9.13. The van der Waals surface area contributed by atoms with Crippen molar-refractivity contribution in [3.8, 4) is 0 Å². The van der Waals surface area contributed by atoms with E-state index < -0.39 is 30.1 Å². The number of hydrogen-bond acceptors (Lipinski definition) is 5. The molecule has 2 atom stereocenters. The highest BCUT2D eigenvalue weighted by molar-refractivity contribution is 5.85. The van der Waals surface area contributed by atoms with Crippen molar-refractivity contribution in [1.82, 2.24) is 10.2 Å². The van der Waals surface area contributed by atoms with Crippen LogP contribution in [0.1, 0.15) is 25.0 Å². The minimum Gasteiger partial charge on any atom is -0.480 e. The third kappa shape index (κ3) is 7.81. The zero-order valence-electron chi connectivity index (χ0n) is 20.5. The average Bonchev–Trinajstić information content (AvgIpc) is 2.86. The van der Waals surface area contributed by atoms with Crippen LogP contribution >= 0.6 is 0 Å². The number of nitrogens with one attached hydrogen (secondary N) is 1. The number of rotatable bonds is 11. The summed E-state index contributed by atoms with van der Waals surface area (Å²) in [5, 5.41) is 24.7. The molecule has 3 aromatic carbocycles. The van der Waals surface area contributed by atoms with Gasteiger partial charge in [0.15, 0.2) is 6.10 Å². The van der Waals surface area contributed by atoms with E-state index in [1.165, 1.54) is 4.90 Å². The van der Waals surface area contributed by atoms with E-state index in [1.54, 1.807) is 12.1 Å². The standard InChI is InChI=1S/C28H32N2O6/c1-19(2)16-30(17-25(31)27(34)36-18-20-8-4-3-5-9-20)28(35)29-24(26(32)33)15-21-12-13-22-10-6-7-11-23(22)14-21/h3-14,19,24-25,31H,15-18H2,1-2H3,(H,29,35)(H,32,33)/t24-,25?/m0/s1. The molecule has 0 bridgehead atoms. The van der Waals surface area contributed by atoms with Crippen LogP contribution in [0, 0.1) is 5.92 Å². The molecule has 0 aromatic heterocycles. The maximum atomic E-state index is 13.0. The van der Waals surface area contributed by atoms with Gasteiger partial charge in [0.25, 0.3) is 0 Å². The van der Waals surface area contributed by atoms with Gasteiger partial charge in [-0.2, -0.15) is 0 Å². The Morgan fingerprint density at radius 1 is 0.889 bits per heavy atom. The van der Waals surface area contributed by atoms with E-state index in [0.29, 0.717) is 0 Å². The number of fused-ring (bicyclic) bond motifs is 1. The first-order valence-electron chi connectivity index (χ1n) is 11.9. The Morgan fingerprint density at radius 3 is 2.22 bits per heavy atom. The summed E-state index contributed by atoms with van der Waals surface area (Å²) in [6.45, 7) is 3.66. The molecule has 0 spiro atoms. The second kappa shape index (κ2) is 12.7. The van der Waals surface area contributed by atoms with Crippen LogP contribution in [-0.4, -0.2) is 58.3 Å². The molecule has 36 heavy (non-hydrogen) atoms. The number of esters is 1. The molecule has 1 unspecified atom stereocenters. The quantitative estimate of drug-likeness (QED) is 0.352. The largest absolute Gasteiger partial charge is 0.480 e. The number of aliphatic hydroxyl groups is 1. The molecule has 0 heterocycles. The van der Waals surface area contributed by atoms with E-state index in [2.05, 4.69) is 5.32 Å². The van der Waals surface area contributed by atoms with Crippen molar-refractivity contribution in [3.63, 3.8) is 0 Å². The van der Waals surface area contributed by atoms with Crippen LogP contribution in [0.3, 0.4) is 0 Å². The van der Waals surface area contributed by atoms with Crippen LogP contribution in [0.5, 0.6) is 0 Å². The van der Waals surface area contributed by atoms with E-state index >= 15 is 0 Å². The Hall–Kier alpha value is -3.91. The molecule has 3 aromatic rings. The fourth-order valence-corrected chi connectivity index (χ4v) is 3.83. The summed E-state index contributed by atoms with van der Waals surface area (Å²) in [5.74, 6) is -2.01. The lowest BCUT2D eigenvalue weighted by Crippen LogP contribution is -2.52. The van der Waals surface area contributed by atoms with Crippen molar-refractivity contribution in [2.45, 2.75) is 39.0 Å². The molecule has 0 saturated carbocycles. The van der Waals surface area contributed by atoms with Gasteiger partial charge < -0.3 is 25.2 Å². The minimum absolute atomic E-state index is 0.0000431. The fraction of sp³-hybridized carbons (Fsp3) is 0.321. The lowest BCUT2D eigenvalue weighted by atomic mass is 10.0. The number of benzene rings is 3. The number of carboxylic acid groups (broad SMARTS) is 1. The summed E-state index contributed by atoms with van der Waals surface area (Å²) in [6.07, 6.45) is -1.48. The highest BCUT2D eigenvalue weighted by Gasteiger charge is 2.28. The van der Waals surface area contributed by atoms with Gasteiger partial charge in [0.1, 0.15) is 12.6 Å². The summed E-state index contributed by atoms with van der Waals surface area (Å²) in [4.78, 5) is 38.5. The Labute approximate surface area is 210 Å². The van der Waals surface area contributed by atoms with E-state index in [-0.39, 0.29) is 32.0 Å². The van der Waals surface area contributed by atoms with E-state index in [9.17, 15) is 24.6 Å². The van der Waals surface area contributed by atoms with Crippen LogP contribution in [0.15, 0.2) is 72.8 Å². The molecular formula is C28H32N2O6. The van der Waals surface area contributed by atoms with Crippen LogP contribution in [0.25, 0.3) is 10.8 Å². The number of carboxylic acids is 1. The highest BCUT2D eigenvalue weighted by Crippen LogP contribution is 2.17. The third-order valence-corrected chi connectivity index (χ3v) is 5.61. The molecular weight excluding hydrogens is 460 g/mol. The molecule has 3 N–H and O–H groups in total. The Kier molecular flexibility index (Phi) is 9.41. The number of aliphatic hydroxyl groups excluding tert-OH is 1. The zero-order chi connectivity index (χ0) is 26.1. The van der Waals surface area contributed by atoms with Crippen molar-refractivity contribution < 1.29 is 29.3 Å². The highest BCUT2D eigenvalue weighted by atomic mass is 16.5. The number of carbonyl (C=O) groups excluding carboxylic acids is 2. The predicted octanol–water partition coefficient (Wildman–Crippen LogP) is 3.61. The Bertz CT molecular complexity index is 1180. The van der Waals surface area contributed by atoms with Gasteiger partial charge in [-0.05, 0) is 27.8 Å². The molecule has 8 heteroatoms. The second-order valence-corrected chi connectivity index (χ2v) is 9.13. The first-order chi connectivity index (χ1) is 17.2. The van der Waals surface area contributed by atoms with Gasteiger partial charge in [0.2, 0.25) is 0 Å². The van der Waals surface area contributed by atoms with Gasteiger partial charge >= 0.3 is 18.0 Å². The summed E-state index contributed by atoms with van der Waals surface area (Å²) < 4.78 is 5.17. The molecule has 190 valence electrons. The molecule has 8 nitrogen and oxygen atoms in total. The molecule has 3 rings (SSSR count). The summed E-state index contributed by atoms with van der Waals surface area (Å²) in [7, 11) is 0. The summed E-state index contributed by atoms with van der Waals surface area (Å²) >= 11 is 0. The topological polar surface area (TPSA) is 116 Å². The molecule has 0 saturated heterocycles. The van der Waals surface area contributed by atoms with E-state index in [1.807, 2.05) is 74.5 Å². The number of nitrogens with zero attached hydrogens (tertiary/aromatic N) is 1. The van der Waals surface area contributed by atoms with Gasteiger partial charge in [-0.1, -0.05) is 86.6 Å². The van der Waals surface area contributed by atoms with Crippen molar-refractivity contribution >= 4 is 28.7 Å². The van der Waals surface area contributed by atoms with Gasteiger partial charge in [-0.25, -0.2) is 14.4 Å². The number of hydrogen-bond donors (Lipinski definition) is 3. The zero-order valence-corrected chi connectivity index (χ0v) is 20.5. The SMILES string of the molecule is CC(C)CN(CC(O)C(=O)OCc1ccccc1)C(=O)N[C@@H](Cc1ccc2ccccc2c1)C(=O)O. The van der Waals surface area contributed by atoms with E-state index in [4.69, 9.17) is 4.74 Å². The molecule has 0 aliphatic rings. The molecule has 0 radical (unpaired) electrons. The van der Waals surface area contributed by atoms with E-state index in [0.717, 1.165) is 21.9 Å². The van der Waals surface area contributed by atoms with Gasteiger partial charge in [0, 0.05) is 13.0 Å². The maximum Gasteiger partial charge on any atom is 0.337 e. The lowest BCUT2D eigenvalue weighted by Gasteiger charge is -2.28. The number of carbonyl (C=O) groups is 3. The lowest BCUT2D eigenvalue weighted by molar-refractivity contribution is -0.155. The molecule has 0 aliphatic carbocycles. The number of aliphatic carboxylic acids is 1. The number of ether oxygens (including phenoxy) is 1. The average molecular weight is 493 g/mol. The van der Waals surface area contributed by atoms with Crippen molar-refractivity contribution in [3.05, 3.63) is 83.9 Å². The van der Waals surface area contributed by atoms with Gasteiger partial charge in [-0.3, -0.25) is 0 Å². The fourth-order valence-electron chi connectivity index (χ4n) is 3.83. The predicted molar refractivity (Wildman–Crippen MR) is 136 cm³/mol. The number of amides is 2. The summed E-state index contributed by atoms with van der Waals surface area (Å²) in [6, 6.07) is 20.6. The maximum absolute atomic E-state index is 13.0. The number of urea groups is 1. The molecule has 2 amide bonds. The normalized spacial score (nSPS) is 12.7. The van der Waals surface area contributed by atoms with Crippen molar-refractivity contribution in [2.75, 3.05) is 13.1 Å². The van der Waals surface area contributed by atoms with Gasteiger partial charge in [-0.15, -0.1) is 0 Å². The Balaban J connectivity index is 1.64. The minimum atomic E-state index is -1.57. The van der Waals surface area contributed by atoms with Crippen LogP contribution < -0.4 is 5.32 Å². The van der Waals surface area contributed by atoms with Crippen LogP contribution in [0.4, 0.5) is 4.79 Å². The van der Waals surface area contributed by atoms with Crippen LogP contribution in [-0.2, 0) is 27.4 Å². The van der Waals surface area contributed by atoms with Gasteiger partial charge in [0.05, 0.1) is 6.54 Å². The first kappa shape index (κ1) is 26.7.